The van der Waals surface area contributed by atoms with E-state index >= 15 is 0 Å². The molecule has 0 saturated heterocycles. The summed E-state index contributed by atoms with van der Waals surface area (Å²) < 4.78 is 8.57. The maximum absolute atomic E-state index is 13.7. The molecule has 0 spiro atoms. The van der Waals surface area contributed by atoms with Crippen molar-refractivity contribution in [1.29, 1.82) is 0 Å². The first kappa shape index (κ1) is 20.6. The number of nitrogens with one attached hydrogen (secondary N) is 1. The summed E-state index contributed by atoms with van der Waals surface area (Å²) in [5.74, 6) is -0.332. The number of hydrogen-bond donors (Lipinski definition) is 1. The van der Waals surface area contributed by atoms with Crippen molar-refractivity contribution in [1.82, 2.24) is 4.57 Å². The molecule has 1 aromatic heterocycles. The molecule has 3 atom stereocenters. The van der Waals surface area contributed by atoms with Crippen molar-refractivity contribution in [2.45, 2.75) is 18.7 Å². The molecule has 0 fully saturated rings. The Kier molecular flexibility index (Phi) is 4.74. The zero-order valence-electron chi connectivity index (χ0n) is 18.3. The van der Waals surface area contributed by atoms with Gasteiger partial charge in [0.05, 0.1) is 10.6 Å². The fourth-order valence-electron chi connectivity index (χ4n) is 4.79. The van der Waals surface area contributed by atoms with Crippen LogP contribution in [0.4, 0.5) is 5.69 Å². The Morgan fingerprint density at radius 1 is 1.03 bits per heavy atom. The molecule has 0 radical (unpaired) electrons. The molecule has 2 aliphatic heterocycles. The van der Waals surface area contributed by atoms with Crippen LogP contribution >= 0.6 is 11.3 Å². The van der Waals surface area contributed by atoms with Crippen molar-refractivity contribution in [2.24, 2.45) is 10.9 Å². The molecule has 0 saturated carbocycles. The number of para-hydroxylation sites is 2. The van der Waals surface area contributed by atoms with Crippen molar-refractivity contribution in [2.75, 3.05) is 5.32 Å². The van der Waals surface area contributed by atoms with E-state index in [0.717, 1.165) is 11.1 Å². The van der Waals surface area contributed by atoms with Gasteiger partial charge in [0.1, 0.15) is 11.7 Å². The number of carbonyl (C=O) groups excluding carboxylic acids is 1. The van der Waals surface area contributed by atoms with Crippen molar-refractivity contribution < 1.29 is 9.53 Å². The van der Waals surface area contributed by atoms with Gasteiger partial charge in [-0.2, -0.15) is 0 Å². The van der Waals surface area contributed by atoms with Gasteiger partial charge in [-0.25, -0.2) is 4.99 Å². The predicted octanol–water partition coefficient (Wildman–Crippen LogP) is 3.32. The number of rotatable bonds is 3. The van der Waals surface area contributed by atoms with E-state index in [1.165, 1.54) is 11.3 Å². The second-order valence-electron chi connectivity index (χ2n) is 8.56. The molecule has 3 heterocycles. The Morgan fingerprint density at radius 2 is 1.71 bits per heavy atom. The number of anilines is 1. The van der Waals surface area contributed by atoms with Gasteiger partial charge in [0.2, 0.25) is 11.6 Å². The summed E-state index contributed by atoms with van der Waals surface area (Å²) in [4.78, 5) is 32.7. The largest absolute Gasteiger partial charge is 0.465 e. The number of carbonyl (C=O) groups is 1. The third-order valence-electron chi connectivity index (χ3n) is 6.30. The van der Waals surface area contributed by atoms with Crippen LogP contribution in [0, 0.1) is 5.92 Å². The van der Waals surface area contributed by atoms with Gasteiger partial charge in [-0.05, 0) is 36.8 Å². The van der Waals surface area contributed by atoms with Crippen LogP contribution in [-0.4, -0.2) is 16.2 Å². The van der Waals surface area contributed by atoms with E-state index in [9.17, 15) is 9.59 Å². The van der Waals surface area contributed by atoms with Gasteiger partial charge in [-0.1, -0.05) is 78.1 Å². The van der Waals surface area contributed by atoms with Gasteiger partial charge >= 0.3 is 0 Å². The summed E-state index contributed by atoms with van der Waals surface area (Å²) in [6.45, 7) is 1.82. The second-order valence-corrected chi connectivity index (χ2v) is 9.57. The van der Waals surface area contributed by atoms with E-state index in [2.05, 4.69) is 5.32 Å². The van der Waals surface area contributed by atoms with Crippen molar-refractivity contribution in [3.63, 3.8) is 0 Å². The zero-order chi connectivity index (χ0) is 23.3. The average Bonchev–Trinajstić information content (AvgIpc) is 3.13. The summed E-state index contributed by atoms with van der Waals surface area (Å²) >= 11 is 1.32. The Morgan fingerprint density at radius 3 is 2.47 bits per heavy atom. The maximum atomic E-state index is 13.7. The first-order chi connectivity index (χ1) is 16.5. The SMILES string of the molecule is C[C@]12N=c3s/c(=C/c4ccccc4)c(=O)n3[C@H](c3ccccc3O1)[C@@H]2C(=O)Nc1ccccc1. The molecular weight excluding hydrogens is 446 g/mol. The molecular formula is C27H21N3O3S. The number of thiazole rings is 1. The molecule has 4 aromatic rings. The lowest BCUT2D eigenvalue weighted by Crippen LogP contribution is -2.59. The van der Waals surface area contributed by atoms with E-state index in [-0.39, 0.29) is 11.5 Å². The molecule has 0 unspecified atom stereocenters. The molecule has 1 amide bonds. The minimum Gasteiger partial charge on any atom is -0.465 e. The lowest BCUT2D eigenvalue weighted by atomic mass is 9.80. The molecule has 2 aliphatic rings. The van der Waals surface area contributed by atoms with Crippen molar-refractivity contribution in [3.8, 4) is 5.75 Å². The van der Waals surface area contributed by atoms with E-state index in [4.69, 9.17) is 9.73 Å². The zero-order valence-corrected chi connectivity index (χ0v) is 19.2. The summed E-state index contributed by atoms with van der Waals surface area (Å²) in [6.07, 6.45) is 1.87. The summed E-state index contributed by atoms with van der Waals surface area (Å²) in [5, 5.41) is 2.99. The quantitative estimate of drug-likeness (QED) is 0.502. The van der Waals surface area contributed by atoms with Crippen molar-refractivity contribution in [3.05, 3.63) is 116 Å². The monoisotopic (exact) mass is 467 g/mol. The minimum absolute atomic E-state index is 0.158. The van der Waals surface area contributed by atoms with Gasteiger partial charge in [-0.3, -0.25) is 14.2 Å². The second kappa shape index (κ2) is 7.81. The highest BCUT2D eigenvalue weighted by Crippen LogP contribution is 2.47. The number of benzene rings is 3. The van der Waals surface area contributed by atoms with E-state index in [1.807, 2.05) is 97.9 Å². The normalized spacial score (nSPS) is 22.7. The Labute approximate surface area is 199 Å². The van der Waals surface area contributed by atoms with E-state index in [0.29, 0.717) is 20.8 Å². The predicted molar refractivity (Wildman–Crippen MR) is 132 cm³/mol. The summed E-state index contributed by atoms with van der Waals surface area (Å²) in [7, 11) is 0. The van der Waals surface area contributed by atoms with Gasteiger partial charge in [0.25, 0.3) is 5.56 Å². The van der Waals surface area contributed by atoms with Gasteiger partial charge in [0, 0.05) is 11.3 Å². The lowest BCUT2D eigenvalue weighted by molar-refractivity contribution is -0.131. The molecule has 6 rings (SSSR count). The maximum Gasteiger partial charge on any atom is 0.270 e. The molecule has 0 aliphatic carbocycles. The smallest absolute Gasteiger partial charge is 0.270 e. The summed E-state index contributed by atoms with van der Waals surface area (Å²) in [5.41, 5.74) is 1.11. The van der Waals surface area contributed by atoms with Gasteiger partial charge in [-0.15, -0.1) is 0 Å². The van der Waals surface area contributed by atoms with E-state index < -0.39 is 17.7 Å². The van der Waals surface area contributed by atoms with Crippen molar-refractivity contribution >= 4 is 29.0 Å². The van der Waals surface area contributed by atoms with Gasteiger partial charge < -0.3 is 10.1 Å². The van der Waals surface area contributed by atoms with Crippen LogP contribution < -0.4 is 24.9 Å². The third kappa shape index (κ3) is 3.28. The highest BCUT2D eigenvalue weighted by molar-refractivity contribution is 7.07. The molecule has 1 N–H and O–H groups in total. The summed E-state index contributed by atoms with van der Waals surface area (Å²) in [6, 6.07) is 26.0. The van der Waals surface area contributed by atoms with Crippen LogP contribution in [0.2, 0.25) is 0 Å². The van der Waals surface area contributed by atoms with Crippen LogP contribution in [0.25, 0.3) is 6.08 Å². The number of hydrogen-bond acceptors (Lipinski definition) is 5. The Balaban J connectivity index is 1.55. The third-order valence-corrected chi connectivity index (χ3v) is 7.28. The lowest BCUT2D eigenvalue weighted by Gasteiger charge is -2.45. The van der Waals surface area contributed by atoms with Crippen LogP contribution in [0.15, 0.2) is 94.7 Å². The first-order valence-corrected chi connectivity index (χ1v) is 11.9. The van der Waals surface area contributed by atoms with E-state index in [1.54, 1.807) is 4.57 Å². The molecule has 7 heteroatoms. The highest BCUT2D eigenvalue weighted by Gasteiger charge is 2.55. The fraction of sp³-hybridized carbons (Fsp3) is 0.148. The number of fused-ring (bicyclic) bond motifs is 6. The molecule has 3 aromatic carbocycles. The topological polar surface area (TPSA) is 72.7 Å². The molecule has 34 heavy (non-hydrogen) atoms. The fourth-order valence-corrected chi connectivity index (χ4v) is 5.88. The molecule has 2 bridgehead atoms. The van der Waals surface area contributed by atoms with Crippen LogP contribution in [0.1, 0.15) is 24.1 Å². The first-order valence-electron chi connectivity index (χ1n) is 11.1. The van der Waals surface area contributed by atoms with Crippen LogP contribution in [0.5, 0.6) is 5.75 Å². The number of aromatic nitrogens is 1. The highest BCUT2D eigenvalue weighted by atomic mass is 32.1. The number of ether oxygens (including phenoxy) is 1. The molecule has 168 valence electrons. The van der Waals surface area contributed by atoms with Crippen LogP contribution in [0.3, 0.4) is 0 Å². The van der Waals surface area contributed by atoms with Gasteiger partial charge in [0.15, 0.2) is 4.80 Å². The number of amides is 1. The number of nitrogens with zero attached hydrogens (tertiary/aromatic N) is 2. The van der Waals surface area contributed by atoms with Crippen LogP contribution in [-0.2, 0) is 4.79 Å². The standard InChI is InChI=1S/C27H21N3O3S/c1-27-22(24(31)28-18-12-6-3-7-13-18)23(19-14-8-9-15-20(19)33-27)30-25(32)21(34-26(30)29-27)16-17-10-4-2-5-11-17/h2-16,22-23H,1H3,(H,28,31)/b21-16+/t22-,23-,27+/m1/s1. The Bertz CT molecular complexity index is 1580. The molecule has 6 nitrogen and oxygen atoms in total. The Hall–Kier alpha value is -3.97. The minimum atomic E-state index is -1.15. The average molecular weight is 468 g/mol.